The highest BCUT2D eigenvalue weighted by molar-refractivity contribution is 5.90. The Balaban J connectivity index is 2.66. The second-order valence-electron chi connectivity index (χ2n) is 7.04. The Bertz CT molecular complexity index is 651. The summed E-state index contributed by atoms with van der Waals surface area (Å²) in [4.78, 5) is 35.5. The van der Waals surface area contributed by atoms with E-state index in [1.807, 2.05) is 0 Å². The van der Waals surface area contributed by atoms with Crippen LogP contribution in [-0.4, -0.2) is 35.0 Å². The molecule has 2 amide bonds. The lowest BCUT2D eigenvalue weighted by Crippen LogP contribution is -2.52. The van der Waals surface area contributed by atoms with E-state index >= 15 is 0 Å². The minimum atomic E-state index is -1.10. The first-order valence-corrected chi connectivity index (χ1v) is 9.88. The Morgan fingerprint density at radius 1 is 1.04 bits per heavy atom. The number of rotatable bonds is 13. The average Bonchev–Trinajstić information content (AvgIpc) is 2.62. The molecule has 0 aliphatic heterocycles. The highest BCUT2D eigenvalue weighted by Crippen LogP contribution is 2.10. The minimum Gasteiger partial charge on any atom is -0.480 e. The summed E-state index contributed by atoms with van der Waals surface area (Å²) in [6.45, 7) is 3.40. The summed E-state index contributed by atoms with van der Waals surface area (Å²) >= 11 is 0. The number of carboxylic acid groups (broad SMARTS) is 1. The maximum absolute atomic E-state index is 13.4. The highest BCUT2D eigenvalue weighted by Gasteiger charge is 2.26. The third kappa shape index (κ3) is 9.48. The van der Waals surface area contributed by atoms with Gasteiger partial charge in [0.2, 0.25) is 11.8 Å². The molecule has 0 unspecified atom stereocenters. The third-order valence-corrected chi connectivity index (χ3v) is 4.48. The highest BCUT2D eigenvalue weighted by atomic mass is 19.1. The van der Waals surface area contributed by atoms with Gasteiger partial charge in [0.05, 0.1) is 0 Å². The molecule has 1 aromatic carbocycles. The smallest absolute Gasteiger partial charge is 0.326 e. The maximum atomic E-state index is 13.4. The van der Waals surface area contributed by atoms with Gasteiger partial charge in [-0.15, -0.1) is 0 Å². The molecule has 28 heavy (non-hydrogen) atoms. The second-order valence-corrected chi connectivity index (χ2v) is 7.04. The van der Waals surface area contributed by atoms with Crippen molar-refractivity contribution in [3.63, 3.8) is 0 Å². The monoisotopic (exact) mass is 394 g/mol. The van der Waals surface area contributed by atoms with Gasteiger partial charge in [-0.2, -0.15) is 0 Å². The molecule has 0 fully saturated rings. The lowest BCUT2D eigenvalue weighted by Gasteiger charge is -2.21. The van der Waals surface area contributed by atoms with Crippen molar-refractivity contribution >= 4 is 17.8 Å². The molecular weight excluding hydrogens is 363 g/mol. The topological polar surface area (TPSA) is 95.5 Å². The van der Waals surface area contributed by atoms with E-state index < -0.39 is 35.7 Å². The normalized spacial score (nSPS) is 12.8. The number of nitrogens with one attached hydrogen (secondary N) is 2. The van der Waals surface area contributed by atoms with Crippen molar-refractivity contribution < 1.29 is 23.9 Å². The second kappa shape index (κ2) is 12.9. The molecule has 7 heteroatoms. The summed E-state index contributed by atoms with van der Waals surface area (Å²) in [5.74, 6) is -2.54. The van der Waals surface area contributed by atoms with Crippen molar-refractivity contribution in [3.8, 4) is 0 Å². The number of halogens is 1. The van der Waals surface area contributed by atoms with E-state index in [9.17, 15) is 23.9 Å². The van der Waals surface area contributed by atoms with E-state index in [-0.39, 0.29) is 6.42 Å². The number of hydrogen-bond acceptors (Lipinski definition) is 3. The van der Waals surface area contributed by atoms with E-state index in [0.29, 0.717) is 18.4 Å². The molecule has 0 heterocycles. The van der Waals surface area contributed by atoms with Gasteiger partial charge in [0, 0.05) is 13.3 Å². The quantitative estimate of drug-likeness (QED) is 0.448. The zero-order valence-electron chi connectivity index (χ0n) is 16.7. The van der Waals surface area contributed by atoms with Crippen molar-refractivity contribution in [1.29, 1.82) is 0 Å². The van der Waals surface area contributed by atoms with Crippen molar-refractivity contribution in [3.05, 3.63) is 35.6 Å². The number of carboxylic acids is 1. The Hall–Kier alpha value is -2.44. The molecule has 3 N–H and O–H groups in total. The Morgan fingerprint density at radius 3 is 2.32 bits per heavy atom. The summed E-state index contributed by atoms with van der Waals surface area (Å²) in [7, 11) is 0. The van der Waals surface area contributed by atoms with Gasteiger partial charge < -0.3 is 15.7 Å². The first kappa shape index (κ1) is 23.6. The maximum Gasteiger partial charge on any atom is 0.326 e. The molecule has 1 rings (SSSR count). The summed E-state index contributed by atoms with van der Waals surface area (Å²) < 4.78 is 13.4. The molecule has 0 aliphatic rings. The third-order valence-electron chi connectivity index (χ3n) is 4.48. The molecule has 6 nitrogen and oxygen atoms in total. The van der Waals surface area contributed by atoms with Crippen molar-refractivity contribution in [1.82, 2.24) is 10.6 Å². The fraction of sp³-hybridized carbons (Fsp3) is 0.571. The summed E-state index contributed by atoms with van der Waals surface area (Å²) in [5.41, 5.74) is 0.539. The molecule has 0 spiro atoms. The Morgan fingerprint density at radius 2 is 1.71 bits per heavy atom. The number of unbranched alkanes of at least 4 members (excludes halogenated alkanes) is 5. The lowest BCUT2D eigenvalue weighted by molar-refractivity contribution is -0.142. The van der Waals surface area contributed by atoms with E-state index in [1.54, 1.807) is 6.07 Å². The van der Waals surface area contributed by atoms with Gasteiger partial charge in [0.25, 0.3) is 0 Å². The zero-order chi connectivity index (χ0) is 20.9. The first-order valence-electron chi connectivity index (χ1n) is 9.88. The van der Waals surface area contributed by atoms with Gasteiger partial charge >= 0.3 is 5.97 Å². The molecule has 0 radical (unpaired) electrons. The van der Waals surface area contributed by atoms with E-state index in [2.05, 4.69) is 17.6 Å². The fourth-order valence-electron chi connectivity index (χ4n) is 3.01. The molecule has 1 aromatic rings. The van der Waals surface area contributed by atoms with Crippen LogP contribution in [0.5, 0.6) is 0 Å². The van der Waals surface area contributed by atoms with Crippen LogP contribution >= 0.6 is 0 Å². The van der Waals surface area contributed by atoms with E-state index in [0.717, 1.165) is 32.1 Å². The number of amides is 2. The van der Waals surface area contributed by atoms with Crippen LogP contribution in [-0.2, 0) is 20.8 Å². The number of carbonyl (C=O) groups excluding carboxylic acids is 2. The number of aliphatic carboxylic acids is 1. The molecule has 0 bridgehead atoms. The van der Waals surface area contributed by atoms with Crippen LogP contribution in [0, 0.1) is 5.82 Å². The van der Waals surface area contributed by atoms with Crippen molar-refractivity contribution in [2.45, 2.75) is 77.3 Å². The van der Waals surface area contributed by atoms with E-state index in [4.69, 9.17) is 0 Å². The molecular formula is C21H31FN2O4. The van der Waals surface area contributed by atoms with Crippen LogP contribution in [0.2, 0.25) is 0 Å². The largest absolute Gasteiger partial charge is 0.480 e. The van der Waals surface area contributed by atoms with Gasteiger partial charge in [0.1, 0.15) is 17.9 Å². The number of carbonyl (C=O) groups is 3. The molecule has 156 valence electrons. The van der Waals surface area contributed by atoms with Gasteiger partial charge in [-0.3, -0.25) is 9.59 Å². The fourth-order valence-corrected chi connectivity index (χ4v) is 3.01. The van der Waals surface area contributed by atoms with Crippen LogP contribution in [0.1, 0.15) is 64.4 Å². The van der Waals surface area contributed by atoms with Gasteiger partial charge in [-0.25, -0.2) is 9.18 Å². The molecule has 0 aliphatic carbocycles. The summed E-state index contributed by atoms with van der Waals surface area (Å²) in [6.07, 6.45) is 6.50. The number of hydrogen-bond donors (Lipinski definition) is 3. The lowest BCUT2D eigenvalue weighted by atomic mass is 10.0. The Labute approximate surface area is 165 Å². The first-order chi connectivity index (χ1) is 13.3. The van der Waals surface area contributed by atoms with Gasteiger partial charge in [-0.1, -0.05) is 57.6 Å². The standard InChI is InChI=1S/C21H31FN2O4/c1-3-4-5-6-7-8-12-18(21(27)28)24-20(26)19(23-15(2)25)14-16-10-9-11-17(22)13-16/h9-11,13,18-19H,3-8,12,14H2,1-2H3,(H,23,25)(H,24,26)(H,27,28)/t18-,19+/m1/s1. The molecule has 2 atom stereocenters. The van der Waals surface area contributed by atoms with Crippen LogP contribution in [0.4, 0.5) is 4.39 Å². The molecule has 0 saturated heterocycles. The van der Waals surface area contributed by atoms with Crippen molar-refractivity contribution in [2.24, 2.45) is 0 Å². The van der Waals surface area contributed by atoms with Gasteiger partial charge in [0.15, 0.2) is 0 Å². The summed E-state index contributed by atoms with van der Waals surface area (Å²) in [5, 5.41) is 14.4. The molecule has 0 aromatic heterocycles. The van der Waals surface area contributed by atoms with Gasteiger partial charge in [-0.05, 0) is 24.1 Å². The van der Waals surface area contributed by atoms with Crippen LogP contribution in [0.25, 0.3) is 0 Å². The van der Waals surface area contributed by atoms with E-state index in [1.165, 1.54) is 25.1 Å². The minimum absolute atomic E-state index is 0.0759. The molecule has 0 saturated carbocycles. The summed E-state index contributed by atoms with van der Waals surface area (Å²) in [6, 6.07) is 3.76. The number of benzene rings is 1. The predicted molar refractivity (Wildman–Crippen MR) is 105 cm³/mol. The van der Waals surface area contributed by atoms with Crippen molar-refractivity contribution in [2.75, 3.05) is 0 Å². The van der Waals surface area contributed by atoms with Crippen LogP contribution < -0.4 is 10.6 Å². The SMILES string of the molecule is CCCCCCCC[C@@H](NC(=O)[C@H](Cc1cccc(F)c1)NC(C)=O)C(=O)O. The predicted octanol–water partition coefficient (Wildman–Crippen LogP) is 3.19. The Kier molecular flexibility index (Phi) is 10.8. The zero-order valence-corrected chi connectivity index (χ0v) is 16.7. The van der Waals surface area contributed by atoms with Crippen LogP contribution in [0.3, 0.4) is 0 Å². The van der Waals surface area contributed by atoms with Crippen LogP contribution in [0.15, 0.2) is 24.3 Å². The average molecular weight is 394 g/mol.